The Labute approximate surface area is 232 Å². The van der Waals surface area contributed by atoms with Crippen LogP contribution in [0.1, 0.15) is 66.8 Å². The van der Waals surface area contributed by atoms with Gasteiger partial charge < -0.3 is 4.74 Å². The number of anilines is 1. The maximum Gasteiger partial charge on any atom is 0.263 e. The fourth-order valence-corrected chi connectivity index (χ4v) is 8.06. The number of hydrogen-bond donors (Lipinski definition) is 1. The summed E-state index contributed by atoms with van der Waals surface area (Å²) < 4.78 is 38.1. The average molecular weight is 557 g/mol. The van der Waals surface area contributed by atoms with E-state index in [0.717, 1.165) is 30.8 Å². The average Bonchev–Trinajstić information content (AvgIpc) is 3.46. The van der Waals surface area contributed by atoms with E-state index in [1.807, 2.05) is 6.92 Å². The summed E-state index contributed by atoms with van der Waals surface area (Å²) in [6.07, 6.45) is 4.22. The molecule has 3 aliphatic carbocycles. The number of nitrogens with one attached hydrogen (secondary N) is 1. The number of nitriles is 1. The van der Waals surface area contributed by atoms with Crippen molar-refractivity contribution in [2.75, 3.05) is 4.72 Å². The number of benzene rings is 3. The number of nitrogens with zero attached hydrogens (tertiary/aromatic N) is 3. The molecule has 0 saturated heterocycles. The van der Waals surface area contributed by atoms with Crippen LogP contribution in [0.4, 0.5) is 5.13 Å². The fraction of sp³-hybridized carbons (Fsp3) is 0.300. The summed E-state index contributed by atoms with van der Waals surface area (Å²) in [5.74, 6) is 0.990. The molecule has 3 aliphatic rings. The van der Waals surface area contributed by atoms with Crippen LogP contribution in [0, 0.1) is 17.2 Å². The second-order valence-electron chi connectivity index (χ2n) is 10.5. The van der Waals surface area contributed by atoms with Gasteiger partial charge in [-0.2, -0.15) is 9.64 Å². The Morgan fingerprint density at radius 1 is 1.10 bits per heavy atom. The van der Waals surface area contributed by atoms with E-state index in [2.05, 4.69) is 75.6 Å². The van der Waals surface area contributed by atoms with Gasteiger partial charge in [-0.15, -0.1) is 0 Å². The van der Waals surface area contributed by atoms with E-state index >= 15 is 0 Å². The summed E-state index contributed by atoms with van der Waals surface area (Å²) in [6.45, 7) is 4.22. The molecule has 7 rings (SSSR count). The van der Waals surface area contributed by atoms with Gasteiger partial charge in [-0.1, -0.05) is 55.5 Å². The zero-order valence-electron chi connectivity index (χ0n) is 21.7. The van der Waals surface area contributed by atoms with E-state index in [0.29, 0.717) is 11.7 Å². The first-order valence-corrected chi connectivity index (χ1v) is 15.3. The first-order chi connectivity index (χ1) is 18.8. The van der Waals surface area contributed by atoms with Crippen molar-refractivity contribution in [3.8, 4) is 11.8 Å². The second-order valence-corrected chi connectivity index (χ2v) is 12.9. The molecule has 0 aliphatic heterocycles. The molecule has 0 fully saturated rings. The predicted octanol–water partition coefficient (Wildman–Crippen LogP) is 6.23. The Morgan fingerprint density at radius 2 is 1.79 bits per heavy atom. The lowest BCUT2D eigenvalue weighted by molar-refractivity contribution is 0.134. The number of hydrogen-bond acceptors (Lipinski definition) is 7. The van der Waals surface area contributed by atoms with Crippen LogP contribution in [0.25, 0.3) is 0 Å². The van der Waals surface area contributed by atoms with Gasteiger partial charge in [0.15, 0.2) is 0 Å². The van der Waals surface area contributed by atoms with Crippen molar-refractivity contribution in [3.63, 3.8) is 0 Å². The number of fused-ring (bicyclic) bond motifs is 1. The highest BCUT2D eigenvalue weighted by Gasteiger charge is 2.48. The highest BCUT2D eigenvalue weighted by Crippen LogP contribution is 2.58. The van der Waals surface area contributed by atoms with Gasteiger partial charge >= 0.3 is 0 Å². The van der Waals surface area contributed by atoms with Gasteiger partial charge in [-0.05, 0) is 72.6 Å². The van der Waals surface area contributed by atoms with Crippen molar-refractivity contribution in [1.82, 2.24) is 9.36 Å². The Bertz CT molecular complexity index is 1630. The molecule has 1 aromatic heterocycles. The van der Waals surface area contributed by atoms with Crippen molar-refractivity contribution in [2.45, 2.75) is 55.4 Å². The summed E-state index contributed by atoms with van der Waals surface area (Å²) in [4.78, 5) is 3.83. The molecule has 0 amide bonds. The van der Waals surface area contributed by atoms with Crippen molar-refractivity contribution < 1.29 is 13.2 Å². The third kappa shape index (κ3) is 4.38. The SMILES string of the molecule is CC(CC12CCC(c3ccccc31)c1ccccc12)C(C)Oc1ccc(S(=O)(=O)Nc2ncns2)cc1C#N. The summed E-state index contributed by atoms with van der Waals surface area (Å²) in [6, 6.07) is 24.2. The van der Waals surface area contributed by atoms with Crippen LogP contribution < -0.4 is 9.46 Å². The van der Waals surface area contributed by atoms with Crippen LogP contribution in [0.15, 0.2) is 78.0 Å². The van der Waals surface area contributed by atoms with Crippen LogP contribution in [0.3, 0.4) is 0 Å². The largest absolute Gasteiger partial charge is 0.489 e. The minimum Gasteiger partial charge on any atom is -0.489 e. The molecule has 4 aromatic rings. The van der Waals surface area contributed by atoms with E-state index in [1.54, 1.807) is 6.07 Å². The molecule has 1 N–H and O–H groups in total. The van der Waals surface area contributed by atoms with E-state index < -0.39 is 10.0 Å². The number of ether oxygens (including phenoxy) is 1. The lowest BCUT2D eigenvalue weighted by Crippen LogP contribution is -2.42. The summed E-state index contributed by atoms with van der Waals surface area (Å²) in [5.41, 5.74) is 5.82. The zero-order valence-corrected chi connectivity index (χ0v) is 23.3. The van der Waals surface area contributed by atoms with Gasteiger partial charge in [0.25, 0.3) is 10.0 Å². The second kappa shape index (κ2) is 9.78. The van der Waals surface area contributed by atoms with E-state index in [9.17, 15) is 13.7 Å². The summed E-state index contributed by atoms with van der Waals surface area (Å²) >= 11 is 0.938. The molecule has 2 bridgehead atoms. The first kappa shape index (κ1) is 25.5. The highest BCUT2D eigenvalue weighted by atomic mass is 32.2. The molecule has 198 valence electrons. The van der Waals surface area contributed by atoms with Gasteiger partial charge in [-0.3, -0.25) is 4.72 Å². The van der Waals surface area contributed by atoms with Crippen molar-refractivity contribution in [2.24, 2.45) is 5.92 Å². The third-order valence-electron chi connectivity index (χ3n) is 8.31. The van der Waals surface area contributed by atoms with Gasteiger partial charge in [0.2, 0.25) is 5.13 Å². The molecular formula is C30H28N4O3S2. The molecule has 3 aromatic carbocycles. The molecule has 9 heteroatoms. The molecule has 1 heterocycles. The minimum atomic E-state index is -3.91. The normalized spacial score (nSPS) is 20.8. The summed E-state index contributed by atoms with van der Waals surface area (Å²) in [7, 11) is -3.91. The molecule has 0 radical (unpaired) electrons. The molecule has 0 saturated carbocycles. The Hall–Kier alpha value is -3.74. The molecule has 39 heavy (non-hydrogen) atoms. The lowest BCUT2D eigenvalue weighted by Gasteiger charge is -2.51. The Morgan fingerprint density at radius 3 is 2.44 bits per heavy atom. The molecule has 0 spiro atoms. The number of aromatic nitrogens is 2. The first-order valence-electron chi connectivity index (χ1n) is 13.0. The Kier molecular flexibility index (Phi) is 6.40. The molecule has 7 nitrogen and oxygen atoms in total. The standard InChI is InChI=1S/C30H28N4O3S2/c1-19(16-30-14-13-23(24-7-3-5-9-26(24)30)25-8-4-6-10-27(25)30)20(2)37-28-12-11-22(15-21(28)17-31)39(35,36)34-29-32-18-33-38-29/h3-12,15,18-20,23H,13-14,16H2,1-2H3,(H,32,33,34). The monoisotopic (exact) mass is 556 g/mol. The van der Waals surface area contributed by atoms with E-state index in [1.165, 1.54) is 40.7 Å². The van der Waals surface area contributed by atoms with Crippen LogP contribution in [-0.4, -0.2) is 23.9 Å². The fourth-order valence-electron chi connectivity index (χ4n) is 6.37. The van der Waals surface area contributed by atoms with Gasteiger partial charge in [-0.25, -0.2) is 13.4 Å². The van der Waals surface area contributed by atoms with Crippen LogP contribution in [0.5, 0.6) is 5.75 Å². The topological polar surface area (TPSA) is 105 Å². The van der Waals surface area contributed by atoms with Crippen LogP contribution in [-0.2, 0) is 15.4 Å². The number of sulfonamides is 1. The van der Waals surface area contributed by atoms with Crippen LogP contribution >= 0.6 is 11.5 Å². The lowest BCUT2D eigenvalue weighted by atomic mass is 9.53. The predicted molar refractivity (Wildman–Crippen MR) is 150 cm³/mol. The molecule has 2 unspecified atom stereocenters. The van der Waals surface area contributed by atoms with Crippen molar-refractivity contribution in [1.29, 1.82) is 5.26 Å². The van der Waals surface area contributed by atoms with E-state index in [-0.39, 0.29) is 33.0 Å². The maximum atomic E-state index is 12.8. The smallest absolute Gasteiger partial charge is 0.263 e. The van der Waals surface area contributed by atoms with Gasteiger partial charge in [0, 0.05) is 22.9 Å². The Balaban J connectivity index is 1.25. The number of rotatable bonds is 8. The highest BCUT2D eigenvalue weighted by molar-refractivity contribution is 7.93. The molecule has 2 atom stereocenters. The zero-order chi connectivity index (χ0) is 27.2. The maximum absolute atomic E-state index is 12.8. The van der Waals surface area contributed by atoms with Crippen LogP contribution in [0.2, 0.25) is 0 Å². The van der Waals surface area contributed by atoms with Crippen molar-refractivity contribution in [3.05, 3.63) is 101 Å². The van der Waals surface area contributed by atoms with E-state index in [4.69, 9.17) is 4.74 Å². The van der Waals surface area contributed by atoms with Gasteiger partial charge in [0.05, 0.1) is 16.6 Å². The molecular weight excluding hydrogens is 528 g/mol. The summed E-state index contributed by atoms with van der Waals surface area (Å²) in [5, 5.41) is 9.98. The minimum absolute atomic E-state index is 0.0339. The quantitative estimate of drug-likeness (QED) is 0.276. The van der Waals surface area contributed by atoms with Gasteiger partial charge in [0.1, 0.15) is 18.1 Å². The third-order valence-corrected chi connectivity index (χ3v) is 10.4. The van der Waals surface area contributed by atoms with Crippen molar-refractivity contribution >= 4 is 26.7 Å².